The van der Waals surface area contributed by atoms with Crippen LogP contribution in [0, 0.1) is 13.8 Å². The van der Waals surface area contributed by atoms with Gasteiger partial charge in [0.2, 0.25) is 5.91 Å². The zero-order valence-corrected chi connectivity index (χ0v) is 16.9. The van der Waals surface area contributed by atoms with E-state index in [1.54, 1.807) is 0 Å². The van der Waals surface area contributed by atoms with Crippen LogP contribution in [-0.2, 0) is 16.0 Å². The van der Waals surface area contributed by atoms with Crippen LogP contribution in [0.15, 0.2) is 36.4 Å². The van der Waals surface area contributed by atoms with Crippen LogP contribution in [0.25, 0.3) is 0 Å². The van der Waals surface area contributed by atoms with E-state index >= 15 is 0 Å². The molecule has 28 heavy (non-hydrogen) atoms. The molecule has 0 spiro atoms. The molecule has 0 aliphatic carbocycles. The van der Waals surface area contributed by atoms with Crippen molar-refractivity contribution in [2.45, 2.75) is 46.5 Å². The molecule has 0 saturated heterocycles. The minimum atomic E-state index is -0.197. The minimum Gasteiger partial charge on any atom is -0.483 e. The number of rotatable bonds is 7. The summed E-state index contributed by atoms with van der Waals surface area (Å²) >= 11 is 0. The van der Waals surface area contributed by atoms with Crippen molar-refractivity contribution >= 4 is 23.2 Å². The lowest BCUT2D eigenvalue weighted by atomic mass is 10.00. The third-order valence-electron chi connectivity index (χ3n) is 5.05. The summed E-state index contributed by atoms with van der Waals surface area (Å²) in [6.45, 7) is 6.76. The molecule has 1 heterocycles. The SMILES string of the molecule is CCCCN1C(=O)CCc2cc(NC(=O)COc3c(C)cccc3C)ccc21. The van der Waals surface area contributed by atoms with Crippen molar-refractivity contribution in [3.05, 3.63) is 53.1 Å². The Bertz CT molecular complexity index is 856. The summed E-state index contributed by atoms with van der Waals surface area (Å²) in [6.07, 6.45) is 3.26. The average molecular weight is 380 g/mol. The number of anilines is 2. The van der Waals surface area contributed by atoms with Crippen molar-refractivity contribution in [3.63, 3.8) is 0 Å². The molecular weight excluding hydrogens is 352 g/mol. The summed E-state index contributed by atoms with van der Waals surface area (Å²) in [4.78, 5) is 26.4. The number of nitrogens with one attached hydrogen (secondary N) is 1. The Hall–Kier alpha value is -2.82. The quantitative estimate of drug-likeness (QED) is 0.774. The van der Waals surface area contributed by atoms with Gasteiger partial charge in [-0.3, -0.25) is 9.59 Å². The molecule has 2 aromatic rings. The summed E-state index contributed by atoms with van der Waals surface area (Å²) in [5.41, 5.74) is 4.83. The van der Waals surface area contributed by atoms with E-state index in [4.69, 9.17) is 4.74 Å². The van der Waals surface area contributed by atoms with Gasteiger partial charge >= 0.3 is 0 Å². The molecule has 0 unspecified atom stereocenters. The minimum absolute atomic E-state index is 0.0378. The van der Waals surface area contributed by atoms with Crippen molar-refractivity contribution < 1.29 is 14.3 Å². The predicted molar refractivity (Wildman–Crippen MR) is 112 cm³/mol. The van der Waals surface area contributed by atoms with Gasteiger partial charge in [-0.25, -0.2) is 0 Å². The molecule has 2 amide bonds. The number of benzene rings is 2. The normalized spacial score (nSPS) is 13.2. The number of unbranched alkanes of at least 4 members (excludes halogenated alkanes) is 1. The Labute approximate surface area is 166 Å². The Morgan fingerprint density at radius 3 is 2.61 bits per heavy atom. The van der Waals surface area contributed by atoms with Crippen LogP contribution in [0.4, 0.5) is 11.4 Å². The van der Waals surface area contributed by atoms with Crippen molar-refractivity contribution in [1.29, 1.82) is 0 Å². The van der Waals surface area contributed by atoms with Crippen LogP contribution in [0.2, 0.25) is 0 Å². The molecule has 1 aliphatic rings. The zero-order chi connectivity index (χ0) is 20.1. The Kier molecular flexibility index (Phi) is 6.34. The number of para-hydroxylation sites is 1. The lowest BCUT2D eigenvalue weighted by molar-refractivity contribution is -0.119. The Morgan fingerprint density at radius 1 is 1.14 bits per heavy atom. The summed E-state index contributed by atoms with van der Waals surface area (Å²) < 4.78 is 5.72. The molecule has 0 aromatic heterocycles. The monoisotopic (exact) mass is 380 g/mol. The fraction of sp³-hybridized carbons (Fsp3) is 0.391. The maximum Gasteiger partial charge on any atom is 0.262 e. The second kappa shape index (κ2) is 8.91. The first-order valence-corrected chi connectivity index (χ1v) is 9.91. The first-order chi connectivity index (χ1) is 13.5. The van der Waals surface area contributed by atoms with Crippen LogP contribution in [-0.4, -0.2) is 25.0 Å². The molecule has 1 aliphatic heterocycles. The second-order valence-corrected chi connectivity index (χ2v) is 7.30. The highest BCUT2D eigenvalue weighted by molar-refractivity contribution is 5.97. The van der Waals surface area contributed by atoms with Gasteiger partial charge in [0.15, 0.2) is 6.61 Å². The number of amides is 2. The molecule has 5 nitrogen and oxygen atoms in total. The second-order valence-electron chi connectivity index (χ2n) is 7.30. The van der Waals surface area contributed by atoms with E-state index < -0.39 is 0 Å². The van der Waals surface area contributed by atoms with E-state index in [-0.39, 0.29) is 18.4 Å². The maximum atomic E-state index is 12.3. The number of fused-ring (bicyclic) bond motifs is 1. The highest BCUT2D eigenvalue weighted by Crippen LogP contribution is 2.30. The highest BCUT2D eigenvalue weighted by atomic mass is 16.5. The Balaban J connectivity index is 1.65. The van der Waals surface area contributed by atoms with E-state index in [1.807, 2.05) is 55.1 Å². The molecule has 3 rings (SSSR count). The fourth-order valence-corrected chi connectivity index (χ4v) is 3.56. The lowest BCUT2D eigenvalue weighted by Gasteiger charge is -2.29. The van der Waals surface area contributed by atoms with Crippen molar-refractivity contribution in [3.8, 4) is 5.75 Å². The van der Waals surface area contributed by atoms with Gasteiger partial charge in [-0.15, -0.1) is 0 Å². The number of hydrogen-bond acceptors (Lipinski definition) is 3. The molecule has 148 valence electrons. The van der Waals surface area contributed by atoms with Crippen LogP contribution >= 0.6 is 0 Å². The Morgan fingerprint density at radius 2 is 1.89 bits per heavy atom. The summed E-state index contributed by atoms with van der Waals surface area (Å²) in [7, 11) is 0. The predicted octanol–water partition coefficient (Wildman–Crippen LogP) is 4.40. The van der Waals surface area contributed by atoms with Crippen LogP contribution in [0.5, 0.6) is 5.75 Å². The zero-order valence-electron chi connectivity index (χ0n) is 16.9. The standard InChI is InChI=1S/C23H28N2O3/c1-4-5-13-25-20-11-10-19(14-18(20)9-12-22(25)27)24-21(26)15-28-23-16(2)7-6-8-17(23)3/h6-8,10-11,14H,4-5,9,12-13,15H2,1-3H3,(H,24,26). The summed E-state index contributed by atoms with van der Waals surface area (Å²) in [5, 5.41) is 2.90. The molecule has 0 atom stereocenters. The van der Waals surface area contributed by atoms with Gasteiger partial charge in [0.05, 0.1) is 0 Å². The molecule has 0 saturated carbocycles. The van der Waals surface area contributed by atoms with E-state index in [0.29, 0.717) is 12.8 Å². The summed E-state index contributed by atoms with van der Waals surface area (Å²) in [6, 6.07) is 11.7. The summed E-state index contributed by atoms with van der Waals surface area (Å²) in [5.74, 6) is 0.741. The molecule has 5 heteroatoms. The highest BCUT2D eigenvalue weighted by Gasteiger charge is 2.23. The number of carbonyl (C=O) groups is 2. The number of aryl methyl sites for hydroxylation is 3. The molecule has 0 fully saturated rings. The van der Waals surface area contributed by atoms with E-state index in [0.717, 1.165) is 53.2 Å². The van der Waals surface area contributed by atoms with Gasteiger partial charge in [-0.2, -0.15) is 0 Å². The molecule has 2 aromatic carbocycles. The van der Waals surface area contributed by atoms with Gasteiger partial charge in [-0.05, 0) is 61.6 Å². The molecular formula is C23H28N2O3. The topological polar surface area (TPSA) is 58.6 Å². The fourth-order valence-electron chi connectivity index (χ4n) is 3.56. The molecule has 0 bridgehead atoms. The van der Waals surface area contributed by atoms with Crippen molar-refractivity contribution in [1.82, 2.24) is 0 Å². The van der Waals surface area contributed by atoms with Gasteiger partial charge in [0, 0.05) is 24.3 Å². The first-order valence-electron chi connectivity index (χ1n) is 9.91. The third kappa shape index (κ3) is 4.53. The van der Waals surface area contributed by atoms with E-state index in [2.05, 4.69) is 12.2 Å². The van der Waals surface area contributed by atoms with Crippen LogP contribution in [0.3, 0.4) is 0 Å². The van der Waals surface area contributed by atoms with Gasteiger partial charge in [-0.1, -0.05) is 31.5 Å². The number of hydrogen-bond donors (Lipinski definition) is 1. The van der Waals surface area contributed by atoms with Crippen LogP contribution < -0.4 is 15.0 Å². The van der Waals surface area contributed by atoms with Crippen LogP contribution in [0.1, 0.15) is 42.9 Å². The average Bonchev–Trinajstić information content (AvgIpc) is 2.67. The number of carbonyl (C=O) groups excluding carboxylic acids is 2. The van der Waals surface area contributed by atoms with Crippen molar-refractivity contribution in [2.24, 2.45) is 0 Å². The smallest absolute Gasteiger partial charge is 0.262 e. The van der Waals surface area contributed by atoms with E-state index in [9.17, 15) is 9.59 Å². The molecule has 1 N–H and O–H groups in total. The van der Waals surface area contributed by atoms with Crippen molar-refractivity contribution in [2.75, 3.05) is 23.4 Å². The largest absolute Gasteiger partial charge is 0.483 e. The van der Waals surface area contributed by atoms with Gasteiger partial charge in [0.1, 0.15) is 5.75 Å². The van der Waals surface area contributed by atoms with Gasteiger partial charge < -0.3 is 15.0 Å². The lowest BCUT2D eigenvalue weighted by Crippen LogP contribution is -2.35. The third-order valence-corrected chi connectivity index (χ3v) is 5.05. The maximum absolute atomic E-state index is 12.3. The van der Waals surface area contributed by atoms with E-state index in [1.165, 1.54) is 0 Å². The number of nitrogens with zero attached hydrogens (tertiary/aromatic N) is 1. The van der Waals surface area contributed by atoms with Gasteiger partial charge in [0.25, 0.3) is 5.91 Å². The molecule has 0 radical (unpaired) electrons. The first kappa shape index (κ1) is 19.9. The number of ether oxygens (including phenoxy) is 1.